The molecule has 1 aliphatic heterocycles. The van der Waals surface area contributed by atoms with Crippen LogP contribution in [-0.4, -0.2) is 50.3 Å². The molecule has 2 amide bonds. The lowest BCUT2D eigenvalue weighted by Gasteiger charge is -2.29. The van der Waals surface area contributed by atoms with E-state index in [1.807, 2.05) is 30.3 Å². The van der Waals surface area contributed by atoms with Crippen LogP contribution in [0.3, 0.4) is 0 Å². The van der Waals surface area contributed by atoms with Crippen LogP contribution in [0.4, 0.5) is 10.6 Å². The van der Waals surface area contributed by atoms with Gasteiger partial charge in [-0.25, -0.2) is 9.80 Å². The summed E-state index contributed by atoms with van der Waals surface area (Å²) in [4.78, 5) is 13.4. The molecule has 0 unspecified atom stereocenters. The number of nitrogens with zero attached hydrogens (tertiary/aromatic N) is 4. The van der Waals surface area contributed by atoms with Gasteiger partial charge in [0.25, 0.3) is 0 Å². The smallest absolute Gasteiger partial charge is 0.335 e. The number of nitrogens with one attached hydrogen (secondary N) is 2. The standard InChI is InChI=1S/C14H18N6O2/c21-12-6-8-19(9-7-12)18-14(22)16-13-10-15-20(17-13)11-4-2-1-3-5-11/h1-5,10,12,21H,6-9H2,(H2,16,17,18,22). The minimum Gasteiger partial charge on any atom is -0.393 e. The molecule has 2 aromatic rings. The summed E-state index contributed by atoms with van der Waals surface area (Å²) in [5.74, 6) is 0.374. The number of carbonyl (C=O) groups excluding carboxylic acids is 1. The van der Waals surface area contributed by atoms with Gasteiger partial charge < -0.3 is 5.11 Å². The van der Waals surface area contributed by atoms with Crippen molar-refractivity contribution < 1.29 is 9.90 Å². The van der Waals surface area contributed by atoms with E-state index in [1.165, 1.54) is 11.0 Å². The number of hydrogen-bond donors (Lipinski definition) is 3. The summed E-state index contributed by atoms with van der Waals surface area (Å²) in [7, 11) is 0. The van der Waals surface area contributed by atoms with E-state index in [-0.39, 0.29) is 12.1 Å². The number of aliphatic hydroxyl groups is 1. The Labute approximate surface area is 127 Å². The second-order valence-electron chi connectivity index (χ2n) is 5.14. The molecule has 0 aliphatic carbocycles. The Hall–Kier alpha value is -2.45. The zero-order valence-corrected chi connectivity index (χ0v) is 12.0. The van der Waals surface area contributed by atoms with Crippen LogP contribution >= 0.6 is 0 Å². The minimum absolute atomic E-state index is 0.271. The molecule has 116 valence electrons. The largest absolute Gasteiger partial charge is 0.393 e. The first-order valence-corrected chi connectivity index (χ1v) is 7.19. The van der Waals surface area contributed by atoms with Gasteiger partial charge in [0.15, 0.2) is 5.82 Å². The van der Waals surface area contributed by atoms with E-state index < -0.39 is 0 Å². The molecular formula is C14H18N6O2. The number of aromatic nitrogens is 3. The third kappa shape index (κ3) is 3.60. The molecule has 1 saturated heterocycles. The summed E-state index contributed by atoms with van der Waals surface area (Å²) >= 11 is 0. The Balaban J connectivity index is 1.55. The third-order valence-corrected chi connectivity index (χ3v) is 3.44. The van der Waals surface area contributed by atoms with Gasteiger partial charge in [-0.2, -0.15) is 5.10 Å². The van der Waals surface area contributed by atoms with Gasteiger partial charge in [-0.3, -0.25) is 10.7 Å². The molecule has 22 heavy (non-hydrogen) atoms. The van der Waals surface area contributed by atoms with Crippen LogP contribution in [0.2, 0.25) is 0 Å². The SMILES string of the molecule is O=C(Nc1cnn(-c2ccccc2)n1)NN1CCC(O)CC1. The molecule has 2 heterocycles. The van der Waals surface area contributed by atoms with Gasteiger partial charge in [0.05, 0.1) is 18.0 Å². The molecule has 3 rings (SSSR count). The van der Waals surface area contributed by atoms with Gasteiger partial charge in [0.2, 0.25) is 0 Å². The Morgan fingerprint density at radius 3 is 2.68 bits per heavy atom. The number of benzene rings is 1. The lowest BCUT2D eigenvalue weighted by molar-refractivity contribution is 0.0644. The van der Waals surface area contributed by atoms with Gasteiger partial charge in [-0.15, -0.1) is 9.90 Å². The first-order valence-electron chi connectivity index (χ1n) is 7.19. The number of urea groups is 1. The number of piperidine rings is 1. The fourth-order valence-corrected chi connectivity index (χ4v) is 2.27. The highest BCUT2D eigenvalue weighted by Gasteiger charge is 2.18. The number of amides is 2. The van der Waals surface area contributed by atoms with E-state index in [9.17, 15) is 9.90 Å². The third-order valence-electron chi connectivity index (χ3n) is 3.44. The van der Waals surface area contributed by atoms with Crippen LogP contribution in [0.15, 0.2) is 36.5 Å². The number of aliphatic hydroxyl groups excluding tert-OH is 1. The minimum atomic E-state index is -0.364. The molecule has 1 aromatic heterocycles. The molecule has 8 heteroatoms. The van der Waals surface area contributed by atoms with Crippen LogP contribution in [0.25, 0.3) is 5.69 Å². The number of carbonyl (C=O) groups is 1. The molecular weight excluding hydrogens is 284 g/mol. The number of para-hydroxylation sites is 1. The number of anilines is 1. The maximum atomic E-state index is 11.9. The number of hydrazine groups is 1. The van der Waals surface area contributed by atoms with E-state index in [0.717, 1.165) is 5.69 Å². The second-order valence-corrected chi connectivity index (χ2v) is 5.14. The average Bonchev–Trinajstić information content (AvgIpc) is 2.99. The van der Waals surface area contributed by atoms with Crippen molar-refractivity contribution in [3.05, 3.63) is 36.5 Å². The van der Waals surface area contributed by atoms with E-state index >= 15 is 0 Å². The van der Waals surface area contributed by atoms with Gasteiger partial charge in [0.1, 0.15) is 0 Å². The lowest BCUT2D eigenvalue weighted by atomic mass is 10.1. The first-order chi connectivity index (χ1) is 10.7. The molecule has 1 fully saturated rings. The van der Waals surface area contributed by atoms with Crippen molar-refractivity contribution in [2.45, 2.75) is 18.9 Å². The maximum Gasteiger partial charge on any atom is 0.335 e. The van der Waals surface area contributed by atoms with Gasteiger partial charge in [-0.05, 0) is 25.0 Å². The molecule has 0 atom stereocenters. The molecule has 0 radical (unpaired) electrons. The highest BCUT2D eigenvalue weighted by Crippen LogP contribution is 2.09. The predicted molar refractivity (Wildman–Crippen MR) is 80.3 cm³/mol. The van der Waals surface area contributed by atoms with E-state index in [4.69, 9.17) is 0 Å². The van der Waals surface area contributed by atoms with Crippen LogP contribution in [0, 0.1) is 0 Å². The van der Waals surface area contributed by atoms with Crippen molar-refractivity contribution in [3.63, 3.8) is 0 Å². The summed E-state index contributed by atoms with van der Waals surface area (Å²) in [6, 6.07) is 9.09. The molecule has 1 aliphatic rings. The molecule has 3 N–H and O–H groups in total. The zero-order valence-electron chi connectivity index (χ0n) is 12.0. The second kappa shape index (κ2) is 6.54. The summed E-state index contributed by atoms with van der Waals surface area (Å²) < 4.78 is 0. The van der Waals surface area contributed by atoms with Gasteiger partial charge in [-0.1, -0.05) is 18.2 Å². The average molecular weight is 302 g/mol. The van der Waals surface area contributed by atoms with Crippen LogP contribution in [0.1, 0.15) is 12.8 Å². The summed E-state index contributed by atoms with van der Waals surface area (Å²) in [5, 5.41) is 22.2. The molecule has 0 saturated carbocycles. The highest BCUT2D eigenvalue weighted by atomic mass is 16.3. The normalized spacial score (nSPS) is 16.4. The topological polar surface area (TPSA) is 95.3 Å². The van der Waals surface area contributed by atoms with Crippen molar-refractivity contribution >= 4 is 11.8 Å². The number of rotatable bonds is 3. The van der Waals surface area contributed by atoms with Gasteiger partial charge >= 0.3 is 6.03 Å². The molecule has 8 nitrogen and oxygen atoms in total. The Bertz CT molecular complexity index is 621. The van der Waals surface area contributed by atoms with Crippen molar-refractivity contribution in [1.29, 1.82) is 0 Å². The van der Waals surface area contributed by atoms with Crippen molar-refractivity contribution in [2.75, 3.05) is 18.4 Å². The highest BCUT2D eigenvalue weighted by molar-refractivity contribution is 5.87. The Kier molecular flexibility index (Phi) is 4.31. The fraction of sp³-hybridized carbons (Fsp3) is 0.357. The first kappa shape index (κ1) is 14.5. The summed E-state index contributed by atoms with van der Waals surface area (Å²) in [5.41, 5.74) is 3.55. The maximum absolute atomic E-state index is 11.9. The number of hydrogen-bond acceptors (Lipinski definition) is 5. The van der Waals surface area contributed by atoms with E-state index in [2.05, 4.69) is 20.9 Å². The summed E-state index contributed by atoms with van der Waals surface area (Å²) in [6.07, 6.45) is 2.54. The van der Waals surface area contributed by atoms with Crippen LogP contribution in [-0.2, 0) is 0 Å². The fourth-order valence-electron chi connectivity index (χ4n) is 2.27. The molecule has 0 bridgehead atoms. The lowest BCUT2D eigenvalue weighted by Crippen LogP contribution is -2.49. The predicted octanol–water partition coefficient (Wildman–Crippen LogP) is 0.760. The van der Waals surface area contributed by atoms with Crippen LogP contribution in [0.5, 0.6) is 0 Å². The van der Waals surface area contributed by atoms with Crippen molar-refractivity contribution in [3.8, 4) is 5.69 Å². The Morgan fingerprint density at radius 2 is 1.95 bits per heavy atom. The van der Waals surface area contributed by atoms with Crippen molar-refractivity contribution in [1.82, 2.24) is 25.4 Å². The molecule has 0 spiro atoms. The van der Waals surface area contributed by atoms with Crippen molar-refractivity contribution in [2.24, 2.45) is 0 Å². The van der Waals surface area contributed by atoms with Crippen LogP contribution < -0.4 is 10.7 Å². The molecule has 1 aromatic carbocycles. The Morgan fingerprint density at radius 1 is 1.23 bits per heavy atom. The zero-order chi connectivity index (χ0) is 15.4. The monoisotopic (exact) mass is 302 g/mol. The van der Waals surface area contributed by atoms with E-state index in [0.29, 0.717) is 31.7 Å². The van der Waals surface area contributed by atoms with E-state index in [1.54, 1.807) is 5.01 Å². The van der Waals surface area contributed by atoms with Gasteiger partial charge in [0, 0.05) is 13.1 Å². The quantitative estimate of drug-likeness (QED) is 0.778. The summed E-state index contributed by atoms with van der Waals surface area (Å²) in [6.45, 7) is 1.26.